The maximum atomic E-state index is 13.0. The monoisotopic (exact) mass is 406 g/mol. The highest BCUT2D eigenvalue weighted by atomic mass is 16.5. The highest BCUT2D eigenvalue weighted by molar-refractivity contribution is 5.79. The minimum Gasteiger partial charge on any atom is -0.379 e. The van der Waals surface area contributed by atoms with E-state index >= 15 is 0 Å². The van der Waals surface area contributed by atoms with Gasteiger partial charge in [-0.1, -0.05) is 30.3 Å². The van der Waals surface area contributed by atoms with Gasteiger partial charge < -0.3 is 14.5 Å². The molecule has 1 aromatic heterocycles. The number of hydrogen-bond donors (Lipinski definition) is 0. The van der Waals surface area contributed by atoms with Crippen LogP contribution in [0.1, 0.15) is 36.9 Å². The van der Waals surface area contributed by atoms with Crippen molar-refractivity contribution >= 4 is 11.7 Å². The van der Waals surface area contributed by atoms with Crippen molar-refractivity contribution in [3.05, 3.63) is 41.6 Å². The third-order valence-electron chi connectivity index (χ3n) is 6.89. The number of ether oxygens (including phenoxy) is 1. The molecule has 1 aliphatic carbocycles. The van der Waals surface area contributed by atoms with Crippen molar-refractivity contribution in [2.24, 2.45) is 5.92 Å². The Hall–Kier alpha value is -2.47. The van der Waals surface area contributed by atoms with Gasteiger partial charge in [0.25, 0.3) is 0 Å². The summed E-state index contributed by atoms with van der Waals surface area (Å²) in [5, 5.41) is 0. The molecule has 3 heterocycles. The number of hydrogen-bond acceptors (Lipinski definition) is 5. The fourth-order valence-corrected chi connectivity index (χ4v) is 5.02. The highest BCUT2D eigenvalue weighted by Gasteiger charge is 2.33. The molecule has 1 aromatic carbocycles. The first-order chi connectivity index (χ1) is 14.7. The molecule has 0 spiro atoms. The van der Waals surface area contributed by atoms with Crippen molar-refractivity contribution in [2.75, 3.05) is 38.3 Å². The van der Waals surface area contributed by atoms with Gasteiger partial charge in [0.15, 0.2) is 5.82 Å². The predicted molar refractivity (Wildman–Crippen MR) is 116 cm³/mol. The lowest BCUT2D eigenvalue weighted by atomic mass is 9.94. The molecule has 0 bridgehead atoms. The lowest BCUT2D eigenvalue weighted by Gasteiger charge is -2.36. The Bertz CT molecular complexity index is 903. The van der Waals surface area contributed by atoms with Crippen LogP contribution in [0.25, 0.3) is 11.4 Å². The van der Waals surface area contributed by atoms with Crippen LogP contribution in [0.4, 0.5) is 5.82 Å². The van der Waals surface area contributed by atoms with E-state index in [4.69, 9.17) is 14.7 Å². The lowest BCUT2D eigenvalue weighted by Crippen LogP contribution is -2.45. The van der Waals surface area contributed by atoms with Crippen LogP contribution in [0.2, 0.25) is 0 Å². The highest BCUT2D eigenvalue weighted by Crippen LogP contribution is 2.34. The largest absolute Gasteiger partial charge is 0.379 e. The van der Waals surface area contributed by atoms with Crippen LogP contribution in [0, 0.1) is 5.92 Å². The fraction of sp³-hybridized carbons (Fsp3) is 0.542. The minimum absolute atomic E-state index is 0.107. The molecule has 158 valence electrons. The molecule has 0 saturated carbocycles. The summed E-state index contributed by atoms with van der Waals surface area (Å²) in [6.07, 6.45) is 5.97. The van der Waals surface area contributed by atoms with Gasteiger partial charge in [-0.05, 0) is 38.5 Å². The zero-order valence-corrected chi connectivity index (χ0v) is 17.7. The summed E-state index contributed by atoms with van der Waals surface area (Å²) in [4.78, 5) is 27.2. The van der Waals surface area contributed by atoms with Crippen molar-refractivity contribution in [1.82, 2.24) is 14.9 Å². The second kappa shape index (κ2) is 8.34. The number of anilines is 1. The number of aromatic nitrogens is 2. The predicted octanol–water partition coefficient (Wildman–Crippen LogP) is 3.10. The Kier molecular flexibility index (Phi) is 5.42. The zero-order chi connectivity index (χ0) is 20.5. The number of piperidine rings is 1. The summed E-state index contributed by atoms with van der Waals surface area (Å²) in [6.45, 7) is 3.20. The van der Waals surface area contributed by atoms with E-state index in [2.05, 4.69) is 17.0 Å². The molecule has 0 N–H and O–H groups in total. The molecular weight excluding hydrogens is 376 g/mol. The number of nitrogens with zero attached hydrogens (tertiary/aromatic N) is 4. The van der Waals surface area contributed by atoms with Crippen LogP contribution in [0.3, 0.4) is 0 Å². The normalized spacial score (nSPS) is 21.6. The van der Waals surface area contributed by atoms with E-state index in [1.54, 1.807) is 0 Å². The molecular formula is C24H30N4O2. The summed E-state index contributed by atoms with van der Waals surface area (Å²) in [7, 11) is 1.94. The number of benzene rings is 1. The number of fused-ring (bicyclic) bond motifs is 1. The molecule has 2 fully saturated rings. The topological polar surface area (TPSA) is 58.6 Å². The van der Waals surface area contributed by atoms with Crippen LogP contribution in [-0.4, -0.2) is 60.2 Å². The van der Waals surface area contributed by atoms with Gasteiger partial charge in [0.05, 0.1) is 12.6 Å². The van der Waals surface area contributed by atoms with Crippen molar-refractivity contribution < 1.29 is 9.53 Å². The van der Waals surface area contributed by atoms with Crippen LogP contribution in [0.5, 0.6) is 0 Å². The van der Waals surface area contributed by atoms with Gasteiger partial charge in [-0.15, -0.1) is 0 Å². The van der Waals surface area contributed by atoms with E-state index in [0.717, 1.165) is 75.4 Å². The first-order valence-corrected chi connectivity index (χ1v) is 11.3. The molecule has 6 heteroatoms. The van der Waals surface area contributed by atoms with E-state index < -0.39 is 0 Å². The summed E-state index contributed by atoms with van der Waals surface area (Å²) in [5.74, 6) is 2.31. The Morgan fingerprint density at radius 2 is 1.90 bits per heavy atom. The third-order valence-corrected chi connectivity index (χ3v) is 6.89. The van der Waals surface area contributed by atoms with E-state index in [-0.39, 0.29) is 17.9 Å². The summed E-state index contributed by atoms with van der Waals surface area (Å²) < 4.78 is 5.46. The molecule has 5 rings (SSSR count). The molecule has 0 radical (unpaired) electrons. The van der Waals surface area contributed by atoms with Gasteiger partial charge in [0.1, 0.15) is 5.82 Å². The summed E-state index contributed by atoms with van der Waals surface area (Å²) in [6, 6.07) is 10.5. The fourth-order valence-electron chi connectivity index (χ4n) is 5.02. The Balaban J connectivity index is 1.32. The van der Waals surface area contributed by atoms with Gasteiger partial charge in [0.2, 0.25) is 5.91 Å². The zero-order valence-electron chi connectivity index (χ0n) is 17.7. The number of carbonyl (C=O) groups is 1. The van der Waals surface area contributed by atoms with Crippen LogP contribution in [-0.2, 0) is 22.4 Å². The SMILES string of the molecule is CN(C(=O)C1CCN(c2nc(-c3ccccc3)nc3c2CCC3)CC1)C1CCOC1. The molecule has 2 aromatic rings. The maximum Gasteiger partial charge on any atom is 0.225 e. The molecule has 2 aliphatic heterocycles. The maximum absolute atomic E-state index is 13.0. The van der Waals surface area contributed by atoms with Crippen molar-refractivity contribution in [3.63, 3.8) is 0 Å². The first-order valence-electron chi connectivity index (χ1n) is 11.3. The van der Waals surface area contributed by atoms with Crippen molar-refractivity contribution in [1.29, 1.82) is 0 Å². The third kappa shape index (κ3) is 3.69. The molecule has 1 unspecified atom stereocenters. The average Bonchev–Trinajstić information content (AvgIpc) is 3.50. The van der Waals surface area contributed by atoms with Gasteiger partial charge in [-0.25, -0.2) is 9.97 Å². The van der Waals surface area contributed by atoms with Gasteiger partial charge in [-0.2, -0.15) is 0 Å². The van der Waals surface area contributed by atoms with E-state index in [0.29, 0.717) is 6.61 Å². The molecule has 2 saturated heterocycles. The van der Waals surface area contributed by atoms with Crippen LogP contribution < -0.4 is 4.90 Å². The van der Waals surface area contributed by atoms with Gasteiger partial charge in [0, 0.05) is 49.5 Å². The smallest absolute Gasteiger partial charge is 0.225 e. The van der Waals surface area contributed by atoms with E-state index in [1.807, 2.05) is 30.1 Å². The van der Waals surface area contributed by atoms with E-state index in [1.165, 1.54) is 11.3 Å². The Morgan fingerprint density at radius 1 is 1.10 bits per heavy atom. The molecule has 3 aliphatic rings. The van der Waals surface area contributed by atoms with E-state index in [9.17, 15) is 4.79 Å². The minimum atomic E-state index is 0.107. The molecule has 1 amide bonds. The standard InChI is InChI=1S/C24H30N4O2/c1-27(19-12-15-30-16-19)24(29)18-10-13-28(14-11-18)23-20-8-5-9-21(20)25-22(26-23)17-6-3-2-4-7-17/h2-4,6-7,18-19H,5,8-16H2,1H3. The number of amides is 1. The average molecular weight is 407 g/mol. The van der Waals surface area contributed by atoms with Crippen LogP contribution in [0.15, 0.2) is 30.3 Å². The summed E-state index contributed by atoms with van der Waals surface area (Å²) in [5.41, 5.74) is 3.59. The quantitative estimate of drug-likeness (QED) is 0.781. The second-order valence-corrected chi connectivity index (χ2v) is 8.74. The molecule has 6 nitrogen and oxygen atoms in total. The lowest BCUT2D eigenvalue weighted by molar-refractivity contribution is -0.137. The Morgan fingerprint density at radius 3 is 2.63 bits per heavy atom. The Labute approximate surface area is 178 Å². The molecule has 1 atom stereocenters. The second-order valence-electron chi connectivity index (χ2n) is 8.74. The summed E-state index contributed by atoms with van der Waals surface area (Å²) >= 11 is 0. The molecule has 30 heavy (non-hydrogen) atoms. The number of carbonyl (C=O) groups excluding carboxylic acids is 1. The van der Waals surface area contributed by atoms with Crippen molar-refractivity contribution in [3.8, 4) is 11.4 Å². The van der Waals surface area contributed by atoms with Crippen molar-refractivity contribution in [2.45, 2.75) is 44.6 Å². The first kappa shape index (κ1) is 19.5. The number of rotatable bonds is 4. The van der Waals surface area contributed by atoms with Gasteiger partial charge >= 0.3 is 0 Å². The number of aryl methyl sites for hydroxylation is 1. The van der Waals surface area contributed by atoms with Crippen LogP contribution >= 0.6 is 0 Å². The number of likely N-dealkylation sites (N-methyl/N-ethyl adjacent to an activating group) is 1. The van der Waals surface area contributed by atoms with Gasteiger partial charge in [-0.3, -0.25) is 4.79 Å².